The number of likely N-dealkylation sites (N-methyl/N-ethyl adjacent to an activating group) is 1. The van der Waals surface area contributed by atoms with Crippen LogP contribution in [0.2, 0.25) is 0 Å². The van der Waals surface area contributed by atoms with Gasteiger partial charge in [0.25, 0.3) is 0 Å². The summed E-state index contributed by atoms with van der Waals surface area (Å²) in [6.45, 7) is 5.85. The molecule has 3 fully saturated rings. The van der Waals surface area contributed by atoms with Gasteiger partial charge in [-0.15, -0.1) is 0 Å². The summed E-state index contributed by atoms with van der Waals surface area (Å²) in [4.78, 5) is 50.8. The number of hydrogen-bond acceptors (Lipinski definition) is 9. The van der Waals surface area contributed by atoms with Gasteiger partial charge in [0.05, 0.1) is 25.8 Å². The monoisotopic (exact) mass is 750 g/mol. The predicted molar refractivity (Wildman–Crippen MR) is 194 cm³/mol. The van der Waals surface area contributed by atoms with E-state index in [1.807, 2.05) is 25.7 Å². The molecule has 0 spiro atoms. The zero-order valence-corrected chi connectivity index (χ0v) is 31.5. The van der Waals surface area contributed by atoms with Crippen molar-refractivity contribution in [3.8, 4) is 0 Å². The Balaban J connectivity index is 0.952. The molecule has 52 heavy (non-hydrogen) atoms. The smallest absolute Gasteiger partial charge is 0.407 e. The van der Waals surface area contributed by atoms with Crippen molar-refractivity contribution < 1.29 is 37.4 Å². The highest BCUT2D eigenvalue weighted by Crippen LogP contribution is 2.49. The van der Waals surface area contributed by atoms with E-state index in [4.69, 9.17) is 9.47 Å². The van der Waals surface area contributed by atoms with Gasteiger partial charge in [0.1, 0.15) is 6.61 Å². The Hall–Kier alpha value is -3.01. The molecule has 290 valence electrons. The molecule has 1 aromatic rings. The highest BCUT2D eigenvalue weighted by atomic mass is 32.2. The fourth-order valence-electron chi connectivity index (χ4n) is 9.18. The number of unbranched alkanes of at least 4 members (excludes halogenated alkanes) is 1. The Morgan fingerprint density at radius 3 is 2.52 bits per heavy atom. The minimum absolute atomic E-state index is 0.0181. The number of amides is 4. The molecule has 5 rings (SSSR count). The largest absolute Gasteiger partial charge is 0.447 e. The molecule has 12 nitrogen and oxygen atoms in total. The van der Waals surface area contributed by atoms with Gasteiger partial charge in [0.15, 0.2) is 11.6 Å². The highest BCUT2D eigenvalue weighted by molar-refractivity contribution is 8.00. The van der Waals surface area contributed by atoms with Crippen LogP contribution < -0.4 is 26.6 Å². The summed E-state index contributed by atoms with van der Waals surface area (Å²) in [6.07, 6.45) is 7.71. The summed E-state index contributed by atoms with van der Waals surface area (Å²) in [6, 6.07) is 2.72. The number of rotatable bonds is 18. The fraction of sp³-hybridized carbons (Fsp3) is 0.730. The van der Waals surface area contributed by atoms with E-state index in [1.54, 1.807) is 4.90 Å². The van der Waals surface area contributed by atoms with Crippen LogP contribution in [0.5, 0.6) is 0 Å². The molecule has 2 saturated carbocycles. The molecule has 5 N–H and O–H groups in total. The van der Waals surface area contributed by atoms with Crippen molar-refractivity contribution in [1.82, 2.24) is 31.5 Å². The van der Waals surface area contributed by atoms with Crippen molar-refractivity contribution in [3.05, 3.63) is 34.9 Å². The lowest BCUT2D eigenvalue weighted by Crippen LogP contribution is -2.64. The Morgan fingerprint density at radius 2 is 1.81 bits per heavy atom. The summed E-state index contributed by atoms with van der Waals surface area (Å²) in [5.74, 6) is -0.213. The maximum atomic E-state index is 13.7. The number of benzene rings is 1. The maximum Gasteiger partial charge on any atom is 0.407 e. The molecule has 2 heterocycles. The second-order valence-corrected chi connectivity index (χ2v) is 16.8. The molecular formula is C37H56F2N6O6S. The first kappa shape index (κ1) is 40.2. The maximum absolute atomic E-state index is 13.7. The van der Waals surface area contributed by atoms with Crippen LogP contribution in [0.1, 0.15) is 82.8 Å². The molecule has 7 unspecified atom stereocenters. The lowest BCUT2D eigenvalue weighted by atomic mass is 9.58. The number of fused-ring (bicyclic) bond motifs is 3. The molecule has 7 atom stereocenters. The van der Waals surface area contributed by atoms with Gasteiger partial charge in [-0.25, -0.2) is 13.6 Å². The molecule has 4 amide bonds. The Kier molecular flexibility index (Phi) is 14.2. The lowest BCUT2D eigenvalue weighted by molar-refractivity contribution is -0.131. The average molecular weight is 751 g/mol. The molecule has 0 radical (unpaired) electrons. The zero-order valence-electron chi connectivity index (χ0n) is 30.7. The second kappa shape index (κ2) is 18.4. The number of thioether (sulfide) groups is 1. The molecule has 1 saturated heterocycles. The number of ether oxygens (including phenoxy) is 2. The molecule has 0 aromatic heterocycles. The van der Waals surface area contributed by atoms with Gasteiger partial charge in [-0.05, 0) is 94.0 Å². The topological polar surface area (TPSA) is 150 Å². The van der Waals surface area contributed by atoms with Crippen LogP contribution in [0, 0.1) is 23.5 Å². The third-order valence-corrected chi connectivity index (χ3v) is 12.6. The summed E-state index contributed by atoms with van der Waals surface area (Å²) in [5, 5.41) is 16.1. The normalized spacial score (nSPS) is 29.3. The van der Waals surface area contributed by atoms with E-state index in [0.717, 1.165) is 57.1 Å². The lowest BCUT2D eigenvalue weighted by Gasteiger charge is -2.54. The third-order valence-electron chi connectivity index (χ3n) is 11.1. The number of carbonyl (C=O) groups is 4. The molecule has 4 aliphatic rings. The van der Waals surface area contributed by atoms with Gasteiger partial charge in [0.2, 0.25) is 18.2 Å². The van der Waals surface area contributed by atoms with E-state index in [0.29, 0.717) is 54.2 Å². The second-order valence-electron chi connectivity index (χ2n) is 15.5. The van der Waals surface area contributed by atoms with E-state index in [-0.39, 0.29) is 62.3 Å². The van der Waals surface area contributed by atoms with Gasteiger partial charge in [-0.2, -0.15) is 11.8 Å². The SMILES string of the molecule is CNC1C(NC=O)CSC1CCCCC(=O)NCCOCCOC(=O)NC1(C)CC2CC(C)CC(NCC(=O)N3Cc4cc(F)c(F)cc4C3)(C2)C1. The summed E-state index contributed by atoms with van der Waals surface area (Å²) < 4.78 is 38.5. The first-order chi connectivity index (χ1) is 24.9. The number of hydrogen-bond donors (Lipinski definition) is 5. The first-order valence-corrected chi connectivity index (χ1v) is 19.7. The molecule has 1 aromatic carbocycles. The zero-order chi connectivity index (χ0) is 37.3. The third kappa shape index (κ3) is 10.8. The van der Waals surface area contributed by atoms with Crippen molar-refractivity contribution in [3.63, 3.8) is 0 Å². The molecule has 2 bridgehead atoms. The minimum Gasteiger partial charge on any atom is -0.447 e. The summed E-state index contributed by atoms with van der Waals surface area (Å²) in [7, 11) is 1.91. The van der Waals surface area contributed by atoms with Crippen LogP contribution in [0.4, 0.5) is 13.6 Å². The number of halogens is 2. The van der Waals surface area contributed by atoms with Crippen LogP contribution >= 0.6 is 11.8 Å². The number of alkyl carbamates (subject to hydrolysis) is 1. The van der Waals surface area contributed by atoms with Crippen molar-refractivity contribution in [2.24, 2.45) is 11.8 Å². The first-order valence-electron chi connectivity index (χ1n) is 18.7. The quantitative estimate of drug-likeness (QED) is 0.113. The Bertz CT molecular complexity index is 1390. The average Bonchev–Trinajstić information content (AvgIpc) is 3.67. The Morgan fingerprint density at radius 1 is 1.06 bits per heavy atom. The van der Waals surface area contributed by atoms with Crippen LogP contribution in [0.3, 0.4) is 0 Å². The molecular weight excluding hydrogens is 695 g/mol. The van der Waals surface area contributed by atoms with Crippen molar-refractivity contribution in [2.75, 3.05) is 45.7 Å². The number of carbonyl (C=O) groups excluding carboxylic acids is 4. The standard InChI is InChI=1S/C37H56F2N6O6S/c1-24-12-25-16-36(2,22-37(15-24,17-25)43-18-33(48)45-19-26-13-28(38)29(39)14-27(26)20-45)44-35(49)51-11-10-50-9-8-41-32(47)7-5-4-6-31-34(40-3)30(21-52-31)42-23-46/h13-14,23-25,30-31,34,40,43H,4-12,15-22H2,1-3H3,(H,41,47)(H,42,46)(H,44,49). The van der Waals surface area contributed by atoms with Gasteiger partial charge in [0, 0.05) is 54.2 Å². The molecule has 2 aliphatic heterocycles. The molecule has 2 aliphatic carbocycles. The van der Waals surface area contributed by atoms with Crippen LogP contribution in [-0.2, 0) is 36.9 Å². The van der Waals surface area contributed by atoms with Gasteiger partial charge < -0.3 is 41.0 Å². The van der Waals surface area contributed by atoms with E-state index < -0.39 is 23.3 Å². The number of nitrogens with zero attached hydrogens (tertiary/aromatic N) is 1. The summed E-state index contributed by atoms with van der Waals surface area (Å²) >= 11 is 1.86. The van der Waals surface area contributed by atoms with E-state index in [1.165, 1.54) is 12.1 Å². The Labute approximate surface area is 310 Å². The van der Waals surface area contributed by atoms with Crippen molar-refractivity contribution >= 4 is 36.1 Å². The fourth-order valence-corrected chi connectivity index (χ4v) is 10.8. The van der Waals surface area contributed by atoms with E-state index in [2.05, 4.69) is 33.5 Å². The van der Waals surface area contributed by atoms with Crippen molar-refractivity contribution in [2.45, 2.75) is 113 Å². The van der Waals surface area contributed by atoms with Gasteiger partial charge in [-0.1, -0.05) is 13.3 Å². The van der Waals surface area contributed by atoms with Gasteiger partial charge in [-0.3, -0.25) is 14.4 Å². The van der Waals surface area contributed by atoms with E-state index in [9.17, 15) is 28.0 Å². The highest BCUT2D eigenvalue weighted by Gasteiger charge is 2.50. The summed E-state index contributed by atoms with van der Waals surface area (Å²) in [5.41, 5.74) is 0.402. The predicted octanol–water partition coefficient (Wildman–Crippen LogP) is 3.36. The van der Waals surface area contributed by atoms with Crippen molar-refractivity contribution in [1.29, 1.82) is 0 Å². The van der Waals surface area contributed by atoms with E-state index >= 15 is 0 Å². The minimum atomic E-state index is -0.904. The number of nitrogens with one attached hydrogen (secondary N) is 5. The van der Waals surface area contributed by atoms with Gasteiger partial charge >= 0.3 is 6.09 Å². The van der Waals surface area contributed by atoms with Crippen LogP contribution in [0.25, 0.3) is 0 Å². The van der Waals surface area contributed by atoms with Crippen LogP contribution in [-0.4, -0.2) is 103 Å². The van der Waals surface area contributed by atoms with Crippen LogP contribution in [0.15, 0.2) is 12.1 Å². The molecule has 15 heteroatoms.